The Morgan fingerprint density at radius 1 is 1.31 bits per heavy atom. The molecule has 0 aromatic heterocycles. The van der Waals surface area contributed by atoms with Crippen LogP contribution in [0, 0.1) is 10.1 Å². The van der Waals surface area contributed by atoms with Crippen LogP contribution >= 0.6 is 0 Å². The van der Waals surface area contributed by atoms with Crippen molar-refractivity contribution in [2.24, 2.45) is 0 Å². The molecule has 0 saturated heterocycles. The Hall–Kier alpha value is -1.62. The fourth-order valence-electron chi connectivity index (χ4n) is 1.20. The maximum Gasteiger partial charge on any atom is 0.269 e. The molecule has 0 aliphatic rings. The molecule has 1 aromatic carbocycles. The van der Waals surface area contributed by atoms with Crippen molar-refractivity contribution in [2.75, 3.05) is 0 Å². The van der Waals surface area contributed by atoms with Crippen molar-refractivity contribution >= 4 is 19.8 Å². The maximum absolute atomic E-state index is 10.5. The van der Waals surface area contributed by atoms with Crippen LogP contribution in [-0.4, -0.2) is 13.2 Å². The van der Waals surface area contributed by atoms with Gasteiger partial charge in [-0.25, -0.2) is 0 Å². The van der Waals surface area contributed by atoms with Crippen LogP contribution in [0.2, 0.25) is 19.6 Å². The lowest BCUT2D eigenvalue weighted by Crippen LogP contribution is -2.24. The lowest BCUT2D eigenvalue weighted by molar-refractivity contribution is -0.384. The molecule has 0 heterocycles. The Balaban J connectivity index is 2.82. The highest BCUT2D eigenvalue weighted by Gasteiger charge is 2.17. The molecule has 0 fully saturated rings. The molecule has 5 heteroatoms. The minimum atomic E-state index is -1.67. The van der Waals surface area contributed by atoms with E-state index in [1.54, 1.807) is 12.1 Å². The topological polar surface area (TPSA) is 52.4 Å². The van der Waals surface area contributed by atoms with Gasteiger partial charge in [-0.05, 0) is 31.8 Å². The summed E-state index contributed by atoms with van der Waals surface area (Å²) in [4.78, 5) is 10.0. The van der Waals surface area contributed by atoms with Crippen molar-refractivity contribution in [3.8, 4) is 0 Å². The highest BCUT2D eigenvalue weighted by atomic mass is 28.4. The van der Waals surface area contributed by atoms with Crippen LogP contribution in [0.15, 0.2) is 30.8 Å². The molecule has 4 nitrogen and oxygen atoms in total. The summed E-state index contributed by atoms with van der Waals surface area (Å²) in [6, 6.07) is 6.21. The summed E-state index contributed by atoms with van der Waals surface area (Å²) in [6.45, 7) is 10.0. The van der Waals surface area contributed by atoms with Gasteiger partial charge >= 0.3 is 0 Å². The van der Waals surface area contributed by atoms with Crippen LogP contribution in [0.5, 0.6) is 0 Å². The van der Waals surface area contributed by atoms with Crippen LogP contribution in [0.4, 0.5) is 5.69 Å². The van der Waals surface area contributed by atoms with Gasteiger partial charge in [0.2, 0.25) is 8.32 Å². The lowest BCUT2D eigenvalue weighted by atomic mass is 10.2. The number of nitro benzene ring substituents is 1. The van der Waals surface area contributed by atoms with E-state index < -0.39 is 13.2 Å². The van der Waals surface area contributed by atoms with Gasteiger partial charge in [-0.1, -0.05) is 6.58 Å². The number of benzene rings is 1. The smallest absolute Gasteiger partial charge is 0.269 e. The van der Waals surface area contributed by atoms with E-state index in [4.69, 9.17) is 4.43 Å². The highest BCUT2D eigenvalue weighted by Crippen LogP contribution is 2.21. The number of nitro groups is 1. The highest BCUT2D eigenvalue weighted by molar-refractivity contribution is 6.70. The van der Waals surface area contributed by atoms with Gasteiger partial charge in [0.25, 0.3) is 5.69 Å². The van der Waals surface area contributed by atoms with Crippen molar-refractivity contribution in [1.29, 1.82) is 0 Å². The first-order chi connectivity index (χ1) is 7.29. The Labute approximate surface area is 95.8 Å². The first-order valence-electron chi connectivity index (χ1n) is 4.92. The summed E-state index contributed by atoms with van der Waals surface area (Å²) < 4.78 is 5.70. The summed E-state index contributed by atoms with van der Waals surface area (Å²) in [7, 11) is -1.67. The first kappa shape index (κ1) is 12.4. The van der Waals surface area contributed by atoms with E-state index >= 15 is 0 Å². The molecule has 0 amide bonds. The summed E-state index contributed by atoms with van der Waals surface area (Å²) in [6.07, 6.45) is 0. The Kier molecular flexibility index (Phi) is 3.49. The Morgan fingerprint density at radius 3 is 2.19 bits per heavy atom. The zero-order valence-corrected chi connectivity index (χ0v) is 10.7. The molecule has 0 N–H and O–H groups in total. The van der Waals surface area contributed by atoms with Crippen LogP contribution < -0.4 is 0 Å². The largest absolute Gasteiger partial charge is 0.544 e. The van der Waals surface area contributed by atoms with Gasteiger partial charge in [0.15, 0.2) is 0 Å². The molecule has 0 aliphatic heterocycles. The molecule has 16 heavy (non-hydrogen) atoms. The first-order valence-corrected chi connectivity index (χ1v) is 8.33. The molecule has 1 rings (SSSR count). The van der Waals surface area contributed by atoms with Crippen molar-refractivity contribution < 1.29 is 9.35 Å². The van der Waals surface area contributed by atoms with Crippen molar-refractivity contribution in [3.05, 3.63) is 46.5 Å². The van der Waals surface area contributed by atoms with Crippen LogP contribution in [0.3, 0.4) is 0 Å². The van der Waals surface area contributed by atoms with E-state index in [0.717, 1.165) is 5.56 Å². The second-order valence-electron chi connectivity index (χ2n) is 4.44. The van der Waals surface area contributed by atoms with E-state index in [-0.39, 0.29) is 5.69 Å². The Bertz CT molecular complexity index is 406. The molecule has 0 aliphatic carbocycles. The molecular weight excluding hydrogens is 222 g/mol. The predicted molar refractivity (Wildman–Crippen MR) is 66.6 cm³/mol. The van der Waals surface area contributed by atoms with Gasteiger partial charge in [0, 0.05) is 17.7 Å². The summed E-state index contributed by atoms with van der Waals surface area (Å²) in [5, 5.41) is 10.5. The maximum atomic E-state index is 10.5. The summed E-state index contributed by atoms with van der Waals surface area (Å²) in [5.74, 6) is 0.578. The van der Waals surface area contributed by atoms with Crippen molar-refractivity contribution in [1.82, 2.24) is 0 Å². The molecule has 0 bridgehead atoms. The predicted octanol–water partition coefficient (Wildman–Crippen LogP) is 3.42. The van der Waals surface area contributed by atoms with Gasteiger partial charge < -0.3 is 4.43 Å². The van der Waals surface area contributed by atoms with Crippen molar-refractivity contribution in [2.45, 2.75) is 19.6 Å². The normalized spacial score (nSPS) is 10.9. The Morgan fingerprint density at radius 2 is 1.81 bits per heavy atom. The number of rotatable bonds is 4. The lowest BCUT2D eigenvalue weighted by Gasteiger charge is -2.20. The van der Waals surface area contributed by atoms with E-state index in [1.165, 1.54) is 12.1 Å². The minimum absolute atomic E-state index is 0.0737. The number of nitrogens with zero attached hydrogens (tertiary/aromatic N) is 1. The monoisotopic (exact) mass is 237 g/mol. The van der Waals surface area contributed by atoms with Crippen LogP contribution in [0.1, 0.15) is 5.56 Å². The fourth-order valence-corrected chi connectivity index (χ4v) is 2.05. The van der Waals surface area contributed by atoms with E-state index in [9.17, 15) is 10.1 Å². The average molecular weight is 237 g/mol. The second-order valence-corrected chi connectivity index (χ2v) is 8.87. The van der Waals surface area contributed by atoms with Gasteiger partial charge in [0.05, 0.1) is 4.92 Å². The number of hydrogen-bond acceptors (Lipinski definition) is 3. The molecule has 0 atom stereocenters. The SMILES string of the molecule is C=C(O[Si](C)(C)C)c1ccc([N+](=O)[O-])cc1. The van der Waals surface area contributed by atoms with E-state index in [1.807, 2.05) is 0 Å². The molecule has 86 valence electrons. The van der Waals surface area contributed by atoms with Gasteiger partial charge in [-0.15, -0.1) is 0 Å². The molecule has 0 spiro atoms. The molecule has 1 aromatic rings. The fraction of sp³-hybridized carbons (Fsp3) is 0.273. The van der Waals surface area contributed by atoms with Gasteiger partial charge in [-0.2, -0.15) is 0 Å². The summed E-state index contributed by atoms with van der Waals surface area (Å²) in [5.41, 5.74) is 0.859. The minimum Gasteiger partial charge on any atom is -0.544 e. The second kappa shape index (κ2) is 4.48. The van der Waals surface area contributed by atoms with E-state index in [0.29, 0.717) is 5.76 Å². The third-order valence-electron chi connectivity index (χ3n) is 1.83. The molecule has 0 unspecified atom stereocenters. The zero-order chi connectivity index (χ0) is 12.3. The number of hydrogen-bond donors (Lipinski definition) is 0. The molecule has 0 saturated carbocycles. The zero-order valence-electron chi connectivity index (χ0n) is 9.69. The standard InChI is InChI=1S/C11H15NO3Si/c1-9(15-16(2,3)4)10-5-7-11(8-6-10)12(13)14/h5-8H,1H2,2-4H3. The number of non-ortho nitro benzene ring substituents is 1. The molecule has 0 radical (unpaired) electrons. The van der Waals surface area contributed by atoms with Crippen molar-refractivity contribution in [3.63, 3.8) is 0 Å². The quantitative estimate of drug-likeness (QED) is 0.349. The summed E-state index contributed by atoms with van der Waals surface area (Å²) >= 11 is 0. The van der Waals surface area contributed by atoms with Crippen LogP contribution in [-0.2, 0) is 4.43 Å². The third-order valence-corrected chi connectivity index (χ3v) is 2.69. The third kappa shape index (κ3) is 3.51. The van der Waals surface area contributed by atoms with E-state index in [2.05, 4.69) is 26.2 Å². The average Bonchev–Trinajstić information content (AvgIpc) is 2.15. The van der Waals surface area contributed by atoms with Crippen LogP contribution in [0.25, 0.3) is 5.76 Å². The van der Waals surface area contributed by atoms with Gasteiger partial charge in [-0.3, -0.25) is 10.1 Å². The molecular formula is C11H15NO3Si. The van der Waals surface area contributed by atoms with Gasteiger partial charge in [0.1, 0.15) is 5.76 Å².